The van der Waals surface area contributed by atoms with Crippen molar-refractivity contribution in [3.8, 4) is 5.75 Å². The summed E-state index contributed by atoms with van der Waals surface area (Å²) in [7, 11) is 0. The van der Waals surface area contributed by atoms with Crippen LogP contribution in [0.15, 0.2) is 81.0 Å². The summed E-state index contributed by atoms with van der Waals surface area (Å²) in [6.45, 7) is -0.523. The molecule has 2 saturated carbocycles. The van der Waals surface area contributed by atoms with Gasteiger partial charge in [0.1, 0.15) is 5.75 Å². The minimum absolute atomic E-state index is 0.0431. The first-order valence-corrected chi connectivity index (χ1v) is 18.2. The number of thiazole rings is 1. The van der Waals surface area contributed by atoms with Gasteiger partial charge in [-0.3, -0.25) is 34.2 Å². The van der Waals surface area contributed by atoms with Gasteiger partial charge in [-0.25, -0.2) is 0 Å². The van der Waals surface area contributed by atoms with E-state index in [2.05, 4.69) is 26.2 Å². The Morgan fingerprint density at radius 3 is 2.47 bits per heavy atom. The summed E-state index contributed by atoms with van der Waals surface area (Å²) in [5.74, 6) is -3.39. The van der Waals surface area contributed by atoms with Gasteiger partial charge in [-0.15, -0.1) is 11.8 Å². The molecular formula is C34H24BrF3N4O7S2. The molecule has 1 aromatic heterocycles. The Bertz CT molecular complexity index is 2190. The molecule has 262 valence electrons. The quantitative estimate of drug-likeness (QED) is 0.117. The summed E-state index contributed by atoms with van der Waals surface area (Å²) in [6, 6.07) is 14.8. The first-order chi connectivity index (χ1) is 24.3. The van der Waals surface area contributed by atoms with Crippen molar-refractivity contribution in [3.63, 3.8) is 0 Å². The van der Waals surface area contributed by atoms with Crippen molar-refractivity contribution < 1.29 is 37.2 Å². The largest absolute Gasteiger partial charge is 0.483 e. The normalized spacial score (nSPS) is 26.1. The monoisotopic (exact) mass is 800 g/mol. The first-order valence-electron chi connectivity index (χ1n) is 15.7. The maximum Gasteiger partial charge on any atom is 0.416 e. The van der Waals surface area contributed by atoms with Crippen LogP contribution in [0.25, 0.3) is 0 Å². The Morgan fingerprint density at radius 2 is 1.76 bits per heavy atom. The van der Waals surface area contributed by atoms with E-state index < -0.39 is 46.9 Å². The topological polar surface area (TPSA) is 152 Å². The number of ether oxygens (including phenoxy) is 1. The van der Waals surface area contributed by atoms with Gasteiger partial charge in [-0.1, -0.05) is 33.3 Å². The fraction of sp³-hybridized carbons (Fsp3) is 0.294. The van der Waals surface area contributed by atoms with E-state index in [0.29, 0.717) is 27.2 Å². The first kappa shape index (κ1) is 33.7. The van der Waals surface area contributed by atoms with E-state index in [-0.39, 0.29) is 56.8 Å². The lowest BCUT2D eigenvalue weighted by Gasteiger charge is -2.43. The molecule has 0 radical (unpaired) electrons. The van der Waals surface area contributed by atoms with Crippen molar-refractivity contribution >= 4 is 73.8 Å². The van der Waals surface area contributed by atoms with Gasteiger partial charge < -0.3 is 15.0 Å². The number of hydrogen-bond donors (Lipinski definition) is 2. The number of benzene rings is 3. The van der Waals surface area contributed by atoms with Crippen LogP contribution < -0.4 is 19.8 Å². The minimum Gasteiger partial charge on any atom is -0.483 e. The summed E-state index contributed by atoms with van der Waals surface area (Å²) >= 11 is 6.08. The Kier molecular flexibility index (Phi) is 8.14. The van der Waals surface area contributed by atoms with Gasteiger partial charge in [-0.2, -0.15) is 13.2 Å². The van der Waals surface area contributed by atoms with Crippen molar-refractivity contribution in [3.05, 3.63) is 107 Å². The smallest absolute Gasteiger partial charge is 0.416 e. The van der Waals surface area contributed by atoms with Crippen LogP contribution >= 0.6 is 39.0 Å². The number of nitro groups is 1. The number of aromatic amines is 1. The molecule has 3 amide bonds. The lowest BCUT2D eigenvalue weighted by Crippen LogP contribution is -2.42. The summed E-state index contributed by atoms with van der Waals surface area (Å²) in [4.78, 5) is 68.8. The zero-order chi connectivity index (χ0) is 35.9. The molecule has 17 heteroatoms. The third kappa shape index (κ3) is 5.65. The van der Waals surface area contributed by atoms with E-state index in [0.717, 1.165) is 33.2 Å². The molecule has 2 aliphatic heterocycles. The predicted octanol–water partition coefficient (Wildman–Crippen LogP) is 6.82. The molecule has 0 spiro atoms. The number of halogens is 4. The minimum atomic E-state index is -4.58. The van der Waals surface area contributed by atoms with E-state index >= 15 is 0 Å². The number of amides is 3. The lowest BCUT2D eigenvalue weighted by atomic mass is 9.68. The number of anilines is 2. The summed E-state index contributed by atoms with van der Waals surface area (Å²) in [6.07, 6.45) is -3.97. The Balaban J connectivity index is 1.11. The average Bonchev–Trinajstić information content (AvgIpc) is 3.82. The van der Waals surface area contributed by atoms with Gasteiger partial charge in [0.25, 0.3) is 11.6 Å². The number of H-pyrrole nitrogens is 1. The number of nitrogens with zero attached hydrogens (tertiary/aromatic N) is 2. The number of hydrogen-bond acceptors (Lipinski definition) is 9. The highest BCUT2D eigenvalue weighted by Crippen LogP contribution is 2.69. The van der Waals surface area contributed by atoms with E-state index in [9.17, 15) is 42.5 Å². The summed E-state index contributed by atoms with van der Waals surface area (Å²) in [5, 5.41) is 14.2. The second-order valence-corrected chi connectivity index (χ2v) is 16.0. The molecule has 8 rings (SSSR count). The van der Waals surface area contributed by atoms with Gasteiger partial charge >= 0.3 is 11.0 Å². The molecule has 7 atom stereocenters. The fourth-order valence-corrected chi connectivity index (χ4v) is 11.6. The maximum absolute atomic E-state index is 14.1. The van der Waals surface area contributed by atoms with Crippen molar-refractivity contribution in [1.29, 1.82) is 0 Å². The molecule has 3 heterocycles. The molecule has 4 aliphatic rings. The zero-order valence-corrected chi connectivity index (χ0v) is 29.1. The van der Waals surface area contributed by atoms with E-state index in [1.807, 2.05) is 6.07 Å². The third-order valence-corrected chi connectivity index (χ3v) is 13.3. The molecule has 2 bridgehead atoms. The molecule has 1 saturated heterocycles. The highest BCUT2D eigenvalue weighted by atomic mass is 79.9. The van der Waals surface area contributed by atoms with Crippen LogP contribution in [-0.2, 0) is 20.6 Å². The number of thioether (sulfide) groups is 1. The van der Waals surface area contributed by atoms with Crippen LogP contribution in [0.5, 0.6) is 5.75 Å². The molecule has 2 aliphatic carbocycles. The standard InChI is InChI=1S/C34H24BrF3N4O7S2/c35-15-4-9-22(49-13-23(43)39-16-3-1-2-14(10-16)34(36,37)38)19(11-15)24-25-20-12-21(28(25)50-30-29(24)51-33(46)40-30)27-26(20)31(44)41(32(27)45)17-5-7-18(8-6-17)42(47)48/h1-11,20-21,24-28H,12-13H2,(H,39,43)(H,40,46)/t20-,21-,24-,25?,26?,27?,28?/m1/s1. The van der Waals surface area contributed by atoms with Crippen molar-refractivity contribution in [2.45, 2.75) is 28.8 Å². The van der Waals surface area contributed by atoms with Gasteiger partial charge in [-0.05, 0) is 72.7 Å². The van der Waals surface area contributed by atoms with Crippen molar-refractivity contribution in [2.75, 3.05) is 16.8 Å². The van der Waals surface area contributed by atoms with Crippen LogP contribution in [0, 0.1) is 39.7 Å². The van der Waals surface area contributed by atoms with E-state index in [4.69, 9.17) is 4.74 Å². The van der Waals surface area contributed by atoms with Crippen LogP contribution in [-0.4, -0.2) is 39.5 Å². The van der Waals surface area contributed by atoms with Crippen LogP contribution in [0.4, 0.5) is 30.2 Å². The molecule has 51 heavy (non-hydrogen) atoms. The number of carbonyl (C=O) groups excluding carboxylic acids is 3. The molecule has 2 N–H and O–H groups in total. The number of nitrogens with one attached hydrogen (secondary N) is 2. The number of imide groups is 1. The van der Waals surface area contributed by atoms with Crippen molar-refractivity contribution in [1.82, 2.24) is 4.98 Å². The number of carbonyl (C=O) groups is 3. The van der Waals surface area contributed by atoms with E-state index in [1.54, 1.807) is 12.1 Å². The fourth-order valence-electron chi connectivity index (χ4n) is 8.35. The highest BCUT2D eigenvalue weighted by molar-refractivity contribution is 9.10. The van der Waals surface area contributed by atoms with Gasteiger partial charge in [0.05, 0.1) is 33.0 Å². The molecule has 3 fully saturated rings. The van der Waals surface area contributed by atoms with Crippen molar-refractivity contribution in [2.24, 2.45) is 29.6 Å². The molecule has 4 unspecified atom stereocenters. The van der Waals surface area contributed by atoms with E-state index in [1.165, 1.54) is 48.2 Å². The Labute approximate surface area is 302 Å². The predicted molar refractivity (Wildman–Crippen MR) is 184 cm³/mol. The number of nitro benzene ring substituents is 1. The number of rotatable bonds is 7. The molecule has 4 aromatic rings. The highest BCUT2D eigenvalue weighted by Gasteiger charge is 2.70. The second kappa shape index (κ2) is 12.3. The van der Waals surface area contributed by atoms with Crippen LogP contribution in [0.1, 0.15) is 28.3 Å². The van der Waals surface area contributed by atoms with Gasteiger partial charge in [0, 0.05) is 43.9 Å². The number of aromatic nitrogens is 1. The third-order valence-electron chi connectivity index (χ3n) is 10.2. The van der Waals surface area contributed by atoms with Gasteiger partial charge in [0.15, 0.2) is 6.61 Å². The summed E-state index contributed by atoms with van der Waals surface area (Å²) < 4.78 is 46.3. The van der Waals surface area contributed by atoms with Gasteiger partial charge in [0.2, 0.25) is 11.8 Å². The Morgan fingerprint density at radius 1 is 1.04 bits per heavy atom. The molecular weight excluding hydrogens is 777 g/mol. The second-order valence-electron chi connectivity index (χ2n) is 12.8. The average molecular weight is 802 g/mol. The van der Waals surface area contributed by atoms with Crippen LogP contribution in [0.3, 0.4) is 0 Å². The maximum atomic E-state index is 14.1. The van der Waals surface area contributed by atoms with Crippen LogP contribution in [0.2, 0.25) is 0 Å². The number of alkyl halides is 3. The lowest BCUT2D eigenvalue weighted by molar-refractivity contribution is -0.384. The summed E-state index contributed by atoms with van der Waals surface area (Å²) in [5.41, 5.74) is -0.196. The SMILES string of the molecule is O=C(COc1ccc(Br)cc1[C@H]1c2sc(=O)[nH]c2SC2C1[C@H]1C[C@@H]2C2C(=O)N(c3ccc([N+](=O)[O-])cc3)C(=O)C21)Nc1cccc(C(F)(F)F)c1. The Hall–Kier alpha value is -4.48. The molecule has 3 aromatic carbocycles. The zero-order valence-electron chi connectivity index (χ0n) is 25.9. The number of fused-ring (bicyclic) bond motifs is 9. The molecule has 11 nitrogen and oxygen atoms in total. The number of non-ortho nitro benzene ring substituents is 1.